The average molecular weight is 428 g/mol. The van der Waals surface area contributed by atoms with Gasteiger partial charge < -0.3 is 10.1 Å². The van der Waals surface area contributed by atoms with Crippen LogP contribution in [-0.2, 0) is 6.61 Å². The molecule has 0 radical (unpaired) electrons. The van der Waals surface area contributed by atoms with Gasteiger partial charge in [-0.3, -0.25) is 4.79 Å². The summed E-state index contributed by atoms with van der Waals surface area (Å²) < 4.78 is 5.98. The van der Waals surface area contributed by atoms with Crippen molar-refractivity contribution >= 4 is 17.5 Å². The van der Waals surface area contributed by atoms with Gasteiger partial charge in [-0.15, -0.1) is 0 Å². The van der Waals surface area contributed by atoms with Crippen LogP contribution in [0.2, 0.25) is 5.02 Å². The van der Waals surface area contributed by atoms with E-state index in [4.69, 9.17) is 16.3 Å². The first-order chi connectivity index (χ1) is 14.7. The maximum Gasteiger partial charge on any atom is 0.255 e. The first-order valence-corrected chi connectivity index (χ1v) is 11.9. The van der Waals surface area contributed by atoms with Crippen LogP contribution in [0.1, 0.15) is 86.6 Å². The van der Waals surface area contributed by atoms with Crippen molar-refractivity contribution < 1.29 is 9.53 Å². The lowest BCUT2D eigenvalue weighted by Crippen LogP contribution is -2.35. The van der Waals surface area contributed by atoms with E-state index >= 15 is 0 Å². The molecule has 1 aliphatic carbocycles. The predicted molar refractivity (Wildman–Crippen MR) is 124 cm³/mol. The molecule has 0 saturated heterocycles. The highest BCUT2D eigenvalue weighted by Gasteiger charge is 2.18. The second-order valence-corrected chi connectivity index (χ2v) is 8.78. The third-order valence-corrected chi connectivity index (χ3v) is 6.10. The third kappa shape index (κ3) is 7.68. The highest BCUT2D eigenvalue weighted by atomic mass is 35.5. The molecule has 1 amide bonds. The van der Waals surface area contributed by atoms with E-state index in [9.17, 15) is 4.79 Å². The molecule has 0 bridgehead atoms. The monoisotopic (exact) mass is 427 g/mol. The Morgan fingerprint density at radius 3 is 2.10 bits per heavy atom. The molecule has 0 heterocycles. The number of ether oxygens (including phenoxy) is 1. The van der Waals surface area contributed by atoms with Crippen molar-refractivity contribution in [2.24, 2.45) is 0 Å². The zero-order valence-corrected chi connectivity index (χ0v) is 18.6. The summed E-state index contributed by atoms with van der Waals surface area (Å²) >= 11 is 6.21. The van der Waals surface area contributed by atoms with Gasteiger partial charge in [0.05, 0.1) is 5.56 Å². The molecule has 2 aromatic rings. The van der Waals surface area contributed by atoms with Gasteiger partial charge >= 0.3 is 0 Å². The van der Waals surface area contributed by atoms with Crippen LogP contribution in [0.4, 0.5) is 0 Å². The number of carbonyl (C=O) groups excluding carboxylic acids is 1. The molecule has 162 valence electrons. The van der Waals surface area contributed by atoms with Gasteiger partial charge in [0.15, 0.2) is 0 Å². The molecule has 0 aromatic heterocycles. The molecule has 30 heavy (non-hydrogen) atoms. The fraction of sp³-hybridized carbons (Fsp3) is 0.500. The lowest BCUT2D eigenvalue weighted by molar-refractivity contribution is 0.0927. The topological polar surface area (TPSA) is 38.3 Å². The van der Waals surface area contributed by atoms with E-state index in [0.29, 0.717) is 22.9 Å². The normalized spacial score (nSPS) is 16.8. The Balaban J connectivity index is 1.64. The second kappa shape index (κ2) is 12.6. The second-order valence-electron chi connectivity index (χ2n) is 8.34. The molecule has 1 saturated carbocycles. The standard InChI is InChI=1S/C26H34ClNO2/c27-22-17-18-25(30-20-21-13-9-8-10-14-21)24(19-22)26(29)28-23-15-11-6-4-2-1-3-5-7-12-16-23/h8-10,13-14,17-19,23H,1-7,11-12,15-16,20H2,(H,28,29). The maximum absolute atomic E-state index is 13.1. The van der Waals surface area contributed by atoms with Crippen molar-refractivity contribution in [2.45, 2.75) is 83.3 Å². The quantitative estimate of drug-likeness (QED) is 0.542. The minimum Gasteiger partial charge on any atom is -0.488 e. The predicted octanol–water partition coefficient (Wildman–Crippen LogP) is 7.32. The van der Waals surface area contributed by atoms with Crippen LogP contribution in [0, 0.1) is 0 Å². The summed E-state index contributed by atoms with van der Waals surface area (Å²) in [5.74, 6) is 0.492. The first kappa shape index (κ1) is 22.7. The smallest absolute Gasteiger partial charge is 0.255 e. The highest BCUT2D eigenvalue weighted by molar-refractivity contribution is 6.31. The SMILES string of the molecule is O=C(NC1CCCCCCCCCCC1)c1cc(Cl)ccc1OCc1ccccc1. The molecule has 3 nitrogen and oxygen atoms in total. The van der Waals surface area contributed by atoms with Crippen molar-refractivity contribution in [3.63, 3.8) is 0 Å². The highest BCUT2D eigenvalue weighted by Crippen LogP contribution is 2.25. The van der Waals surface area contributed by atoms with Crippen LogP contribution < -0.4 is 10.1 Å². The third-order valence-electron chi connectivity index (χ3n) is 5.86. The van der Waals surface area contributed by atoms with E-state index in [1.165, 1.54) is 57.8 Å². The molecule has 0 unspecified atom stereocenters. The minimum absolute atomic E-state index is 0.0855. The van der Waals surface area contributed by atoms with E-state index in [0.717, 1.165) is 18.4 Å². The van der Waals surface area contributed by atoms with E-state index < -0.39 is 0 Å². The van der Waals surface area contributed by atoms with Gasteiger partial charge in [-0.1, -0.05) is 99.7 Å². The lowest BCUT2D eigenvalue weighted by atomic mass is 9.97. The number of amides is 1. The first-order valence-electron chi connectivity index (χ1n) is 11.5. The van der Waals surface area contributed by atoms with Crippen LogP contribution in [0.5, 0.6) is 5.75 Å². The molecular formula is C26H34ClNO2. The zero-order valence-electron chi connectivity index (χ0n) is 17.9. The van der Waals surface area contributed by atoms with Gasteiger partial charge in [0, 0.05) is 11.1 Å². The molecular weight excluding hydrogens is 394 g/mol. The Morgan fingerprint density at radius 1 is 0.867 bits per heavy atom. The molecule has 0 spiro atoms. The Labute approximate surface area is 186 Å². The van der Waals surface area contributed by atoms with Crippen molar-refractivity contribution in [3.8, 4) is 5.75 Å². The average Bonchev–Trinajstić information content (AvgIpc) is 2.75. The van der Waals surface area contributed by atoms with Crippen LogP contribution in [-0.4, -0.2) is 11.9 Å². The summed E-state index contributed by atoms with van der Waals surface area (Å²) in [5.41, 5.74) is 1.59. The summed E-state index contributed by atoms with van der Waals surface area (Å²) in [6.45, 7) is 0.423. The van der Waals surface area contributed by atoms with E-state index in [2.05, 4.69) is 5.32 Å². The van der Waals surface area contributed by atoms with Gasteiger partial charge in [0.2, 0.25) is 0 Å². The number of carbonyl (C=O) groups is 1. The molecule has 1 fully saturated rings. The van der Waals surface area contributed by atoms with Gasteiger partial charge in [-0.2, -0.15) is 0 Å². The number of hydrogen-bond donors (Lipinski definition) is 1. The van der Waals surface area contributed by atoms with Gasteiger partial charge in [0.25, 0.3) is 5.91 Å². The van der Waals surface area contributed by atoms with Crippen LogP contribution >= 0.6 is 11.6 Å². The summed E-state index contributed by atoms with van der Waals surface area (Å²) in [7, 11) is 0. The Hall–Kier alpha value is -2.00. The largest absolute Gasteiger partial charge is 0.488 e. The van der Waals surface area contributed by atoms with Gasteiger partial charge in [0.1, 0.15) is 12.4 Å². The fourth-order valence-electron chi connectivity index (χ4n) is 4.11. The molecule has 3 rings (SSSR count). The molecule has 4 heteroatoms. The van der Waals surface area contributed by atoms with Crippen molar-refractivity contribution in [3.05, 3.63) is 64.7 Å². The van der Waals surface area contributed by atoms with Gasteiger partial charge in [-0.25, -0.2) is 0 Å². The molecule has 2 aromatic carbocycles. The van der Waals surface area contributed by atoms with E-state index in [1.54, 1.807) is 18.2 Å². The minimum atomic E-state index is -0.0855. The van der Waals surface area contributed by atoms with Crippen molar-refractivity contribution in [1.82, 2.24) is 5.32 Å². The molecule has 1 aliphatic rings. The Bertz CT molecular complexity index is 766. The summed E-state index contributed by atoms with van der Waals surface area (Å²) in [4.78, 5) is 13.1. The number of benzene rings is 2. The summed E-state index contributed by atoms with van der Waals surface area (Å²) in [6.07, 6.45) is 13.7. The fourth-order valence-corrected chi connectivity index (χ4v) is 4.28. The zero-order chi connectivity index (χ0) is 21.0. The van der Waals surface area contributed by atoms with E-state index in [-0.39, 0.29) is 11.9 Å². The molecule has 0 aliphatic heterocycles. The van der Waals surface area contributed by atoms with Crippen LogP contribution in [0.15, 0.2) is 48.5 Å². The molecule has 1 N–H and O–H groups in total. The number of halogens is 1. The maximum atomic E-state index is 13.1. The van der Waals surface area contributed by atoms with Crippen molar-refractivity contribution in [1.29, 1.82) is 0 Å². The summed E-state index contributed by atoms with van der Waals surface area (Å²) in [6, 6.07) is 15.5. The number of rotatable bonds is 5. The van der Waals surface area contributed by atoms with Crippen molar-refractivity contribution in [2.75, 3.05) is 0 Å². The Kier molecular flexibility index (Phi) is 9.56. The van der Waals surface area contributed by atoms with Crippen LogP contribution in [0.25, 0.3) is 0 Å². The molecule has 0 atom stereocenters. The van der Waals surface area contributed by atoms with Gasteiger partial charge in [-0.05, 0) is 36.6 Å². The summed E-state index contributed by atoms with van der Waals surface area (Å²) in [5, 5.41) is 3.82. The number of nitrogens with one attached hydrogen (secondary N) is 1. The van der Waals surface area contributed by atoms with E-state index in [1.807, 2.05) is 30.3 Å². The lowest BCUT2D eigenvalue weighted by Gasteiger charge is -2.20. The number of hydrogen-bond acceptors (Lipinski definition) is 2. The van der Waals surface area contributed by atoms with Crippen LogP contribution in [0.3, 0.4) is 0 Å². The Morgan fingerprint density at radius 2 is 1.47 bits per heavy atom.